The van der Waals surface area contributed by atoms with Crippen LogP contribution in [0.3, 0.4) is 0 Å². The van der Waals surface area contributed by atoms with Crippen molar-refractivity contribution in [1.29, 1.82) is 0 Å². The van der Waals surface area contributed by atoms with Crippen LogP contribution in [-0.4, -0.2) is 46.9 Å². The Kier molecular flexibility index (Phi) is 5.83. The van der Waals surface area contributed by atoms with E-state index in [4.69, 9.17) is 4.74 Å². The van der Waals surface area contributed by atoms with Gasteiger partial charge in [-0.1, -0.05) is 12.1 Å². The molecule has 0 saturated carbocycles. The van der Waals surface area contributed by atoms with E-state index < -0.39 is 5.97 Å². The van der Waals surface area contributed by atoms with Crippen molar-refractivity contribution in [2.75, 3.05) is 25.5 Å². The molecular weight excluding hydrogens is 308 g/mol. The van der Waals surface area contributed by atoms with Crippen LogP contribution >= 0.6 is 0 Å². The number of benzene rings is 1. The van der Waals surface area contributed by atoms with Crippen LogP contribution in [0, 0.1) is 0 Å². The minimum absolute atomic E-state index is 0.160. The van der Waals surface area contributed by atoms with Gasteiger partial charge in [0.25, 0.3) is 5.91 Å². The number of nitrogens with zero attached hydrogens (tertiary/aromatic N) is 3. The predicted octanol–water partition coefficient (Wildman–Crippen LogP) is 2.49. The molecule has 0 atom stereocenters. The number of aromatic nitrogens is 2. The Labute approximate surface area is 140 Å². The van der Waals surface area contributed by atoms with E-state index in [0.717, 1.165) is 0 Å². The molecule has 7 heteroatoms. The standard InChI is InChI=1S/C17H20N4O3/c1-4-21(5-2)15(22)14-10-11-18-17(20-14)19-13-9-7-6-8-12(13)16(23)24-3/h6-11H,4-5H2,1-3H3,(H,18,19,20). The molecule has 126 valence electrons. The summed E-state index contributed by atoms with van der Waals surface area (Å²) in [4.78, 5) is 34.2. The third kappa shape index (κ3) is 3.87. The first-order chi connectivity index (χ1) is 11.6. The van der Waals surface area contributed by atoms with Gasteiger partial charge in [-0.3, -0.25) is 4.79 Å². The number of rotatable bonds is 6. The summed E-state index contributed by atoms with van der Waals surface area (Å²) in [5.74, 6) is -0.385. The highest BCUT2D eigenvalue weighted by Gasteiger charge is 2.16. The van der Waals surface area contributed by atoms with Crippen molar-refractivity contribution in [2.24, 2.45) is 0 Å². The molecule has 7 nitrogen and oxygen atoms in total. The molecule has 1 heterocycles. The summed E-state index contributed by atoms with van der Waals surface area (Å²) < 4.78 is 4.76. The average Bonchev–Trinajstić information content (AvgIpc) is 2.62. The Balaban J connectivity index is 2.28. The van der Waals surface area contributed by atoms with Gasteiger partial charge in [0.15, 0.2) is 0 Å². The number of nitrogens with one attached hydrogen (secondary N) is 1. The molecule has 2 aromatic rings. The summed E-state index contributed by atoms with van der Waals surface area (Å²) in [6.45, 7) is 5.03. The van der Waals surface area contributed by atoms with Crippen LogP contribution in [0.5, 0.6) is 0 Å². The fraction of sp³-hybridized carbons (Fsp3) is 0.294. The third-order valence-corrected chi connectivity index (χ3v) is 3.50. The van der Waals surface area contributed by atoms with E-state index >= 15 is 0 Å². The Morgan fingerprint density at radius 1 is 1.17 bits per heavy atom. The number of methoxy groups -OCH3 is 1. The molecule has 0 unspecified atom stereocenters. The second-order valence-corrected chi connectivity index (χ2v) is 4.91. The molecule has 1 aromatic carbocycles. The van der Waals surface area contributed by atoms with Crippen LogP contribution in [0.4, 0.5) is 11.6 Å². The largest absolute Gasteiger partial charge is 0.465 e. The smallest absolute Gasteiger partial charge is 0.339 e. The zero-order valence-corrected chi connectivity index (χ0v) is 13.9. The maximum atomic E-state index is 12.4. The number of carbonyl (C=O) groups is 2. The molecule has 0 saturated heterocycles. The SMILES string of the molecule is CCN(CC)C(=O)c1ccnc(Nc2ccccc2C(=O)OC)n1. The molecule has 0 fully saturated rings. The lowest BCUT2D eigenvalue weighted by Crippen LogP contribution is -2.31. The lowest BCUT2D eigenvalue weighted by molar-refractivity contribution is 0.0601. The topological polar surface area (TPSA) is 84.4 Å². The second-order valence-electron chi connectivity index (χ2n) is 4.91. The zero-order valence-electron chi connectivity index (χ0n) is 13.9. The van der Waals surface area contributed by atoms with E-state index in [2.05, 4.69) is 15.3 Å². The highest BCUT2D eigenvalue weighted by molar-refractivity contribution is 5.96. The van der Waals surface area contributed by atoms with Gasteiger partial charge in [0, 0.05) is 19.3 Å². The number of hydrogen-bond donors (Lipinski definition) is 1. The molecule has 1 N–H and O–H groups in total. The number of amides is 1. The van der Waals surface area contributed by atoms with Gasteiger partial charge in [0.1, 0.15) is 5.69 Å². The predicted molar refractivity (Wildman–Crippen MR) is 90.3 cm³/mol. The molecule has 24 heavy (non-hydrogen) atoms. The Morgan fingerprint density at radius 3 is 2.54 bits per heavy atom. The highest BCUT2D eigenvalue weighted by Crippen LogP contribution is 2.19. The fourth-order valence-electron chi connectivity index (χ4n) is 2.21. The Bertz CT molecular complexity index is 729. The van der Waals surface area contributed by atoms with Crippen molar-refractivity contribution >= 4 is 23.5 Å². The van der Waals surface area contributed by atoms with Crippen molar-refractivity contribution < 1.29 is 14.3 Å². The first-order valence-electron chi connectivity index (χ1n) is 7.67. The first-order valence-corrected chi connectivity index (χ1v) is 7.67. The molecule has 1 aromatic heterocycles. The van der Waals surface area contributed by atoms with Crippen molar-refractivity contribution in [3.63, 3.8) is 0 Å². The fourth-order valence-corrected chi connectivity index (χ4v) is 2.21. The number of esters is 1. The van der Waals surface area contributed by atoms with Crippen LogP contribution in [-0.2, 0) is 4.74 Å². The Morgan fingerprint density at radius 2 is 1.88 bits per heavy atom. The minimum Gasteiger partial charge on any atom is -0.465 e. The quantitative estimate of drug-likeness (QED) is 0.820. The normalized spacial score (nSPS) is 10.1. The summed E-state index contributed by atoms with van der Waals surface area (Å²) >= 11 is 0. The van der Waals surface area contributed by atoms with Crippen LogP contribution in [0.15, 0.2) is 36.5 Å². The molecular formula is C17H20N4O3. The number of hydrogen-bond acceptors (Lipinski definition) is 6. The minimum atomic E-state index is -0.464. The highest BCUT2D eigenvalue weighted by atomic mass is 16.5. The summed E-state index contributed by atoms with van der Waals surface area (Å²) in [6, 6.07) is 8.43. The van der Waals surface area contributed by atoms with Gasteiger partial charge in [-0.05, 0) is 32.0 Å². The van der Waals surface area contributed by atoms with Crippen molar-refractivity contribution in [3.05, 3.63) is 47.8 Å². The average molecular weight is 328 g/mol. The number of para-hydroxylation sites is 1. The van der Waals surface area contributed by atoms with Gasteiger partial charge >= 0.3 is 5.97 Å². The van der Waals surface area contributed by atoms with Crippen LogP contribution in [0.25, 0.3) is 0 Å². The van der Waals surface area contributed by atoms with Gasteiger partial charge in [0.05, 0.1) is 18.4 Å². The summed E-state index contributed by atoms with van der Waals surface area (Å²) in [5.41, 5.74) is 1.17. The lowest BCUT2D eigenvalue weighted by Gasteiger charge is -2.18. The summed E-state index contributed by atoms with van der Waals surface area (Å²) in [6.07, 6.45) is 1.51. The Hall–Kier alpha value is -2.96. The van der Waals surface area contributed by atoms with Gasteiger partial charge in [-0.25, -0.2) is 14.8 Å². The molecule has 1 amide bonds. The van der Waals surface area contributed by atoms with Gasteiger partial charge in [-0.15, -0.1) is 0 Å². The molecule has 0 spiro atoms. The van der Waals surface area contributed by atoms with Crippen molar-refractivity contribution in [3.8, 4) is 0 Å². The van der Waals surface area contributed by atoms with Crippen LogP contribution < -0.4 is 5.32 Å². The summed E-state index contributed by atoms with van der Waals surface area (Å²) in [5, 5.41) is 2.96. The van der Waals surface area contributed by atoms with Gasteiger partial charge in [-0.2, -0.15) is 0 Å². The molecule has 2 rings (SSSR count). The van der Waals surface area contributed by atoms with E-state index in [1.165, 1.54) is 13.3 Å². The number of carbonyl (C=O) groups excluding carboxylic acids is 2. The van der Waals surface area contributed by atoms with E-state index in [-0.39, 0.29) is 11.9 Å². The maximum absolute atomic E-state index is 12.4. The van der Waals surface area contributed by atoms with E-state index in [1.54, 1.807) is 35.2 Å². The van der Waals surface area contributed by atoms with Crippen LogP contribution in [0.1, 0.15) is 34.7 Å². The monoisotopic (exact) mass is 328 g/mol. The molecule has 0 aliphatic carbocycles. The zero-order chi connectivity index (χ0) is 17.5. The van der Waals surface area contributed by atoms with E-state index in [0.29, 0.717) is 30.0 Å². The second kappa shape index (κ2) is 8.05. The van der Waals surface area contributed by atoms with Crippen LogP contribution in [0.2, 0.25) is 0 Å². The van der Waals surface area contributed by atoms with E-state index in [9.17, 15) is 9.59 Å². The number of anilines is 2. The number of ether oxygens (including phenoxy) is 1. The molecule has 0 aliphatic rings. The first kappa shape index (κ1) is 17.4. The lowest BCUT2D eigenvalue weighted by atomic mass is 10.2. The van der Waals surface area contributed by atoms with Gasteiger partial charge < -0.3 is 15.0 Å². The van der Waals surface area contributed by atoms with Gasteiger partial charge in [0.2, 0.25) is 5.95 Å². The molecule has 0 aliphatic heterocycles. The van der Waals surface area contributed by atoms with Crippen molar-refractivity contribution in [1.82, 2.24) is 14.9 Å². The van der Waals surface area contributed by atoms with E-state index in [1.807, 2.05) is 13.8 Å². The third-order valence-electron chi connectivity index (χ3n) is 3.50. The summed E-state index contributed by atoms with van der Waals surface area (Å²) in [7, 11) is 1.32. The van der Waals surface area contributed by atoms with Crippen molar-refractivity contribution in [2.45, 2.75) is 13.8 Å². The molecule has 0 radical (unpaired) electrons. The molecule has 0 bridgehead atoms. The maximum Gasteiger partial charge on any atom is 0.339 e.